The topological polar surface area (TPSA) is 64.4 Å². The van der Waals surface area contributed by atoms with Crippen LogP contribution in [-0.2, 0) is 4.79 Å². The van der Waals surface area contributed by atoms with Gasteiger partial charge >= 0.3 is 0 Å². The first-order chi connectivity index (χ1) is 10.2. The molecule has 108 valence electrons. The Kier molecular flexibility index (Phi) is 3.61. The number of hydrogen-bond donors (Lipinski definition) is 0. The van der Waals surface area contributed by atoms with E-state index < -0.39 is 0 Å². The van der Waals surface area contributed by atoms with Crippen molar-refractivity contribution >= 4 is 11.8 Å². The third-order valence-corrected chi connectivity index (χ3v) is 4.07. The van der Waals surface area contributed by atoms with Crippen LogP contribution >= 0.6 is 0 Å². The molecule has 1 aliphatic carbocycles. The van der Waals surface area contributed by atoms with E-state index in [-0.39, 0.29) is 17.7 Å². The van der Waals surface area contributed by atoms with Gasteiger partial charge in [-0.05, 0) is 37.1 Å². The zero-order chi connectivity index (χ0) is 14.8. The van der Waals surface area contributed by atoms with Gasteiger partial charge in [-0.2, -0.15) is 5.26 Å². The highest BCUT2D eigenvalue weighted by atomic mass is 16.2. The van der Waals surface area contributed by atoms with Crippen molar-refractivity contribution in [2.24, 2.45) is 5.92 Å². The molecule has 0 atom stereocenters. The maximum absolute atomic E-state index is 12.4. The zero-order valence-electron chi connectivity index (χ0n) is 11.8. The van der Waals surface area contributed by atoms with Gasteiger partial charge < -0.3 is 9.80 Å². The lowest BCUT2D eigenvalue weighted by Gasteiger charge is -2.35. The summed E-state index contributed by atoms with van der Waals surface area (Å²) in [5, 5.41) is 8.76. The molecule has 5 heteroatoms. The van der Waals surface area contributed by atoms with E-state index in [1.165, 1.54) is 0 Å². The first kappa shape index (κ1) is 13.6. The molecule has 0 bridgehead atoms. The summed E-state index contributed by atoms with van der Waals surface area (Å²) in [6.45, 7) is 2.41. The summed E-state index contributed by atoms with van der Waals surface area (Å²) in [7, 11) is 0. The van der Waals surface area contributed by atoms with Crippen LogP contribution in [-0.4, -0.2) is 47.8 Å². The molecule has 0 radical (unpaired) electrons. The Hall–Kier alpha value is -2.35. The molecule has 1 heterocycles. The molecular weight excluding hydrogens is 266 g/mol. The second-order valence-corrected chi connectivity index (χ2v) is 5.58. The number of hydrogen-bond acceptors (Lipinski definition) is 3. The van der Waals surface area contributed by atoms with Crippen molar-refractivity contribution in [3.05, 3.63) is 35.4 Å². The molecule has 1 aliphatic heterocycles. The van der Waals surface area contributed by atoms with Gasteiger partial charge in [-0.15, -0.1) is 0 Å². The van der Waals surface area contributed by atoms with Crippen LogP contribution in [0, 0.1) is 17.2 Å². The maximum Gasteiger partial charge on any atom is 0.253 e. The lowest BCUT2D eigenvalue weighted by atomic mass is 10.1. The van der Waals surface area contributed by atoms with Gasteiger partial charge in [-0.1, -0.05) is 0 Å². The van der Waals surface area contributed by atoms with Crippen LogP contribution in [0.1, 0.15) is 28.8 Å². The van der Waals surface area contributed by atoms with Gasteiger partial charge in [-0.3, -0.25) is 9.59 Å². The largest absolute Gasteiger partial charge is 0.339 e. The van der Waals surface area contributed by atoms with Crippen molar-refractivity contribution in [2.45, 2.75) is 12.8 Å². The number of carbonyl (C=O) groups is 2. The van der Waals surface area contributed by atoms with Crippen molar-refractivity contribution in [3.63, 3.8) is 0 Å². The molecule has 1 aromatic rings. The fraction of sp³-hybridized carbons (Fsp3) is 0.438. The molecule has 0 N–H and O–H groups in total. The third kappa shape index (κ3) is 2.89. The standard InChI is InChI=1S/C16H17N3O2/c17-11-12-1-3-13(4-2-12)15(20)18-7-9-19(10-8-18)16(21)14-5-6-14/h1-4,14H,5-10H2. The lowest BCUT2D eigenvalue weighted by Crippen LogP contribution is -2.51. The van der Waals surface area contributed by atoms with Gasteiger partial charge in [-0.25, -0.2) is 0 Å². The van der Waals surface area contributed by atoms with E-state index in [9.17, 15) is 9.59 Å². The quantitative estimate of drug-likeness (QED) is 0.820. The molecular formula is C16H17N3O2. The Morgan fingerprint density at radius 2 is 1.57 bits per heavy atom. The summed E-state index contributed by atoms with van der Waals surface area (Å²) in [6, 6.07) is 8.71. The summed E-state index contributed by atoms with van der Waals surface area (Å²) in [4.78, 5) is 28.0. The van der Waals surface area contributed by atoms with E-state index >= 15 is 0 Å². The van der Waals surface area contributed by atoms with Gasteiger partial charge in [0, 0.05) is 37.7 Å². The van der Waals surface area contributed by atoms with E-state index in [1.54, 1.807) is 29.2 Å². The number of rotatable bonds is 2. The molecule has 2 amide bonds. The number of nitriles is 1. The van der Waals surface area contributed by atoms with Crippen molar-refractivity contribution in [2.75, 3.05) is 26.2 Å². The number of nitrogens with zero attached hydrogens (tertiary/aromatic N) is 3. The molecule has 1 saturated carbocycles. The molecule has 1 aromatic carbocycles. The zero-order valence-corrected chi connectivity index (χ0v) is 11.8. The molecule has 21 heavy (non-hydrogen) atoms. The first-order valence-corrected chi connectivity index (χ1v) is 7.27. The van der Waals surface area contributed by atoms with Gasteiger partial charge in [0.15, 0.2) is 0 Å². The Morgan fingerprint density at radius 1 is 1.00 bits per heavy atom. The van der Waals surface area contributed by atoms with Crippen LogP contribution in [0.5, 0.6) is 0 Å². The number of piperazine rings is 1. The summed E-state index contributed by atoms with van der Waals surface area (Å²) >= 11 is 0. The predicted octanol–water partition coefficient (Wildman–Crippen LogP) is 1.25. The second kappa shape index (κ2) is 5.57. The predicted molar refractivity (Wildman–Crippen MR) is 76.4 cm³/mol. The SMILES string of the molecule is N#Cc1ccc(C(=O)N2CCN(C(=O)C3CC3)CC2)cc1. The van der Waals surface area contributed by atoms with Crippen molar-refractivity contribution in [1.82, 2.24) is 9.80 Å². The van der Waals surface area contributed by atoms with Gasteiger partial charge in [0.05, 0.1) is 11.6 Å². The Morgan fingerprint density at radius 3 is 2.10 bits per heavy atom. The minimum absolute atomic E-state index is 0.0296. The smallest absolute Gasteiger partial charge is 0.253 e. The van der Waals surface area contributed by atoms with Gasteiger partial charge in [0.25, 0.3) is 5.91 Å². The Bertz CT molecular complexity index is 591. The first-order valence-electron chi connectivity index (χ1n) is 7.27. The maximum atomic E-state index is 12.4. The summed E-state index contributed by atoms with van der Waals surface area (Å²) in [5.41, 5.74) is 1.14. The van der Waals surface area contributed by atoms with Crippen LogP contribution < -0.4 is 0 Å². The normalized spacial score (nSPS) is 18.2. The number of benzene rings is 1. The van der Waals surface area contributed by atoms with Crippen molar-refractivity contribution in [3.8, 4) is 6.07 Å². The molecule has 1 saturated heterocycles. The Labute approximate surface area is 123 Å². The number of amides is 2. The summed E-state index contributed by atoms with van der Waals surface area (Å²) < 4.78 is 0. The summed E-state index contributed by atoms with van der Waals surface area (Å²) in [5.74, 6) is 0.462. The fourth-order valence-corrected chi connectivity index (χ4v) is 2.59. The van der Waals surface area contributed by atoms with E-state index in [0.29, 0.717) is 37.3 Å². The molecule has 0 aromatic heterocycles. The van der Waals surface area contributed by atoms with E-state index in [2.05, 4.69) is 0 Å². The minimum atomic E-state index is -0.0296. The highest BCUT2D eigenvalue weighted by Gasteiger charge is 2.35. The fourth-order valence-electron chi connectivity index (χ4n) is 2.59. The second-order valence-electron chi connectivity index (χ2n) is 5.58. The van der Waals surface area contributed by atoms with Crippen LogP contribution in [0.25, 0.3) is 0 Å². The van der Waals surface area contributed by atoms with Gasteiger partial charge in [0.1, 0.15) is 0 Å². The molecule has 2 fully saturated rings. The van der Waals surface area contributed by atoms with Gasteiger partial charge in [0.2, 0.25) is 5.91 Å². The van der Waals surface area contributed by atoms with Crippen LogP contribution in [0.15, 0.2) is 24.3 Å². The van der Waals surface area contributed by atoms with Crippen molar-refractivity contribution in [1.29, 1.82) is 5.26 Å². The highest BCUT2D eigenvalue weighted by Crippen LogP contribution is 2.31. The highest BCUT2D eigenvalue weighted by molar-refractivity contribution is 5.94. The van der Waals surface area contributed by atoms with Crippen LogP contribution in [0.4, 0.5) is 0 Å². The number of carbonyl (C=O) groups excluding carboxylic acids is 2. The van der Waals surface area contributed by atoms with E-state index in [0.717, 1.165) is 12.8 Å². The Balaban J connectivity index is 1.59. The molecule has 5 nitrogen and oxygen atoms in total. The monoisotopic (exact) mass is 283 g/mol. The third-order valence-electron chi connectivity index (χ3n) is 4.07. The van der Waals surface area contributed by atoms with Crippen LogP contribution in [0.2, 0.25) is 0 Å². The van der Waals surface area contributed by atoms with Crippen molar-refractivity contribution < 1.29 is 9.59 Å². The lowest BCUT2D eigenvalue weighted by molar-refractivity contribution is -0.134. The molecule has 2 aliphatic rings. The van der Waals surface area contributed by atoms with E-state index in [4.69, 9.17) is 5.26 Å². The molecule has 0 spiro atoms. The average molecular weight is 283 g/mol. The summed E-state index contributed by atoms with van der Waals surface area (Å²) in [6.07, 6.45) is 2.03. The molecule has 3 rings (SSSR count). The molecule has 0 unspecified atom stereocenters. The minimum Gasteiger partial charge on any atom is -0.339 e. The van der Waals surface area contributed by atoms with Crippen LogP contribution in [0.3, 0.4) is 0 Å². The average Bonchev–Trinajstić information content (AvgIpc) is 3.39. The van der Waals surface area contributed by atoms with E-state index in [1.807, 2.05) is 11.0 Å².